The summed E-state index contributed by atoms with van der Waals surface area (Å²) in [4.78, 5) is 23.8. The lowest BCUT2D eigenvalue weighted by molar-refractivity contribution is -0.176. The highest BCUT2D eigenvalue weighted by Gasteiger charge is 2.45. The molecule has 2 atom stereocenters. The molecular weight excluding hydrogens is 471 g/mol. The number of urea groups is 1. The second-order valence-corrected chi connectivity index (χ2v) is 9.51. The lowest BCUT2D eigenvalue weighted by atomic mass is 9.97. The Morgan fingerprint density at radius 2 is 1.92 bits per heavy atom. The fourth-order valence-electron chi connectivity index (χ4n) is 5.51. The number of aromatic nitrogens is 1. The van der Waals surface area contributed by atoms with E-state index in [-0.39, 0.29) is 25.2 Å². The van der Waals surface area contributed by atoms with Crippen LogP contribution in [0.4, 0.5) is 41.0 Å². The molecule has 10 heteroatoms. The molecule has 1 N–H and O–H groups in total. The van der Waals surface area contributed by atoms with Crippen molar-refractivity contribution in [3.8, 4) is 11.3 Å². The highest BCUT2D eigenvalue weighted by molar-refractivity contribution is 6.06. The fraction of sp³-hybridized carbons (Fsp3) is 0.385. The Labute approximate surface area is 206 Å². The molecule has 2 aromatic heterocycles. The van der Waals surface area contributed by atoms with Crippen LogP contribution in [0.2, 0.25) is 0 Å². The highest BCUT2D eigenvalue weighted by atomic mass is 19.4. The zero-order chi connectivity index (χ0) is 24.9. The standard InChI is InChI=1S/C26H26F3N5O2/c27-26(28,29)18-6-2-12-32(16-18)22-11-10-20-24(31-22)34(23-9-3-13-33(20)23)25(35)30-19-7-1-5-17(15-19)21-8-4-14-36-21/h1,4-5,7-8,10-11,14-15,18,23H,2-3,6,9,12-13,16H2,(H,30,35)/t18?,23-/m1/s1. The number of amides is 2. The number of carbonyl (C=O) groups excluding carboxylic acids is 1. The van der Waals surface area contributed by atoms with Crippen molar-refractivity contribution in [2.75, 3.05) is 39.7 Å². The minimum atomic E-state index is -4.23. The molecule has 0 aliphatic carbocycles. The van der Waals surface area contributed by atoms with Gasteiger partial charge in [0.15, 0.2) is 5.82 Å². The van der Waals surface area contributed by atoms with Crippen LogP contribution in [0.15, 0.2) is 59.2 Å². The average molecular weight is 498 g/mol. The Hall–Kier alpha value is -3.69. The topological polar surface area (TPSA) is 64.9 Å². The summed E-state index contributed by atoms with van der Waals surface area (Å²) < 4.78 is 45.6. The van der Waals surface area contributed by atoms with Gasteiger partial charge in [-0.2, -0.15) is 13.2 Å². The van der Waals surface area contributed by atoms with Crippen molar-refractivity contribution in [1.82, 2.24) is 4.98 Å². The first-order chi connectivity index (χ1) is 17.4. The maximum absolute atomic E-state index is 13.6. The van der Waals surface area contributed by atoms with Crippen molar-refractivity contribution < 1.29 is 22.4 Å². The van der Waals surface area contributed by atoms with Crippen molar-refractivity contribution in [3.05, 3.63) is 54.8 Å². The van der Waals surface area contributed by atoms with Gasteiger partial charge in [0.05, 0.1) is 17.9 Å². The molecule has 5 heterocycles. The van der Waals surface area contributed by atoms with Crippen LogP contribution in [0, 0.1) is 5.92 Å². The smallest absolute Gasteiger partial charge is 0.393 e. The number of rotatable bonds is 3. The maximum Gasteiger partial charge on any atom is 0.393 e. The molecule has 6 rings (SSSR count). The van der Waals surface area contributed by atoms with Gasteiger partial charge in [0, 0.05) is 30.9 Å². The van der Waals surface area contributed by atoms with Crippen LogP contribution in [-0.4, -0.2) is 43.0 Å². The number of halogens is 3. The summed E-state index contributed by atoms with van der Waals surface area (Å²) in [6, 6.07) is 14.4. The van der Waals surface area contributed by atoms with E-state index >= 15 is 0 Å². The third-order valence-corrected chi connectivity index (χ3v) is 7.24. The van der Waals surface area contributed by atoms with Crippen LogP contribution < -0.4 is 20.0 Å². The van der Waals surface area contributed by atoms with Crippen LogP contribution in [0.1, 0.15) is 25.7 Å². The van der Waals surface area contributed by atoms with Gasteiger partial charge in [0.1, 0.15) is 17.7 Å². The van der Waals surface area contributed by atoms with E-state index in [0.717, 1.165) is 30.6 Å². The largest absolute Gasteiger partial charge is 0.464 e. The molecular formula is C26H26F3N5O2. The molecule has 36 heavy (non-hydrogen) atoms. The Balaban J connectivity index is 1.28. The van der Waals surface area contributed by atoms with Gasteiger partial charge in [-0.1, -0.05) is 12.1 Å². The number of furan rings is 1. The van der Waals surface area contributed by atoms with Gasteiger partial charge in [-0.15, -0.1) is 0 Å². The van der Waals surface area contributed by atoms with Crippen LogP contribution in [0.3, 0.4) is 0 Å². The number of anilines is 4. The first-order valence-corrected chi connectivity index (χ1v) is 12.2. The molecule has 3 aromatic rings. The maximum atomic E-state index is 13.6. The minimum Gasteiger partial charge on any atom is -0.464 e. The van der Waals surface area contributed by atoms with Gasteiger partial charge < -0.3 is 19.5 Å². The first-order valence-electron chi connectivity index (χ1n) is 12.2. The monoisotopic (exact) mass is 497 g/mol. The van der Waals surface area contributed by atoms with E-state index < -0.39 is 12.1 Å². The van der Waals surface area contributed by atoms with E-state index in [1.807, 2.05) is 36.4 Å². The number of alkyl halides is 3. The van der Waals surface area contributed by atoms with Gasteiger partial charge in [-0.05, 0) is 62.1 Å². The quantitative estimate of drug-likeness (QED) is 0.474. The number of nitrogens with one attached hydrogen (secondary N) is 1. The van der Waals surface area contributed by atoms with Gasteiger partial charge in [-0.25, -0.2) is 9.78 Å². The number of fused-ring (bicyclic) bond motifs is 3. The summed E-state index contributed by atoms with van der Waals surface area (Å²) in [5.74, 6) is 0.294. The Bertz CT molecular complexity index is 1260. The molecule has 0 bridgehead atoms. The third kappa shape index (κ3) is 4.04. The number of benzene rings is 1. The molecule has 3 aliphatic rings. The average Bonchev–Trinajstić information content (AvgIpc) is 3.61. The molecule has 2 fully saturated rings. The van der Waals surface area contributed by atoms with Gasteiger partial charge >= 0.3 is 12.2 Å². The molecule has 0 radical (unpaired) electrons. The number of pyridine rings is 1. The summed E-state index contributed by atoms with van der Waals surface area (Å²) in [5, 5.41) is 2.98. The van der Waals surface area contributed by atoms with Gasteiger partial charge in [-0.3, -0.25) is 4.90 Å². The van der Waals surface area contributed by atoms with Gasteiger partial charge in [0.25, 0.3) is 0 Å². The van der Waals surface area contributed by atoms with E-state index in [1.54, 1.807) is 28.2 Å². The Kier molecular flexibility index (Phi) is 5.54. The van der Waals surface area contributed by atoms with Crippen molar-refractivity contribution >= 4 is 29.0 Å². The molecule has 0 spiro atoms. The lowest BCUT2D eigenvalue weighted by Crippen LogP contribution is -2.45. The second-order valence-electron chi connectivity index (χ2n) is 9.51. The summed E-state index contributed by atoms with van der Waals surface area (Å²) >= 11 is 0. The molecule has 188 valence electrons. The van der Waals surface area contributed by atoms with E-state index in [2.05, 4.69) is 10.2 Å². The number of nitrogens with zero attached hydrogens (tertiary/aromatic N) is 4. The van der Waals surface area contributed by atoms with Crippen molar-refractivity contribution in [1.29, 1.82) is 0 Å². The van der Waals surface area contributed by atoms with E-state index in [1.165, 1.54) is 0 Å². The Morgan fingerprint density at radius 1 is 1.06 bits per heavy atom. The van der Waals surface area contributed by atoms with E-state index in [9.17, 15) is 18.0 Å². The lowest BCUT2D eigenvalue weighted by Gasteiger charge is -2.34. The van der Waals surface area contributed by atoms with Crippen LogP contribution >= 0.6 is 0 Å². The van der Waals surface area contributed by atoms with Crippen molar-refractivity contribution in [2.24, 2.45) is 5.92 Å². The highest BCUT2D eigenvalue weighted by Crippen LogP contribution is 2.44. The number of hydrogen-bond acceptors (Lipinski definition) is 5. The number of hydrogen-bond donors (Lipinski definition) is 1. The van der Waals surface area contributed by atoms with Crippen molar-refractivity contribution in [3.63, 3.8) is 0 Å². The molecule has 3 aliphatic heterocycles. The predicted molar refractivity (Wildman–Crippen MR) is 131 cm³/mol. The Morgan fingerprint density at radius 3 is 2.72 bits per heavy atom. The number of carbonyl (C=O) groups is 1. The van der Waals surface area contributed by atoms with Crippen molar-refractivity contribution in [2.45, 2.75) is 38.0 Å². The molecule has 7 nitrogen and oxygen atoms in total. The number of piperidine rings is 1. The van der Waals surface area contributed by atoms with Crippen LogP contribution in [-0.2, 0) is 0 Å². The van der Waals surface area contributed by atoms with Crippen LogP contribution in [0.25, 0.3) is 11.3 Å². The summed E-state index contributed by atoms with van der Waals surface area (Å²) in [5.41, 5.74) is 2.30. The summed E-state index contributed by atoms with van der Waals surface area (Å²) in [6.45, 7) is 1.20. The molecule has 2 amide bonds. The first kappa shape index (κ1) is 22.8. The van der Waals surface area contributed by atoms with E-state index in [0.29, 0.717) is 36.0 Å². The third-order valence-electron chi connectivity index (χ3n) is 7.24. The summed E-state index contributed by atoms with van der Waals surface area (Å²) in [6.07, 6.45) is -0.470. The zero-order valence-electron chi connectivity index (χ0n) is 19.5. The van der Waals surface area contributed by atoms with Gasteiger partial charge in [0.2, 0.25) is 0 Å². The molecule has 2 saturated heterocycles. The fourth-order valence-corrected chi connectivity index (χ4v) is 5.51. The van der Waals surface area contributed by atoms with Crippen LogP contribution in [0.5, 0.6) is 0 Å². The normalized spacial score (nSPS) is 21.5. The van der Waals surface area contributed by atoms with E-state index in [4.69, 9.17) is 9.40 Å². The summed E-state index contributed by atoms with van der Waals surface area (Å²) in [7, 11) is 0. The SMILES string of the molecule is O=C(Nc1cccc(-c2ccco2)c1)N1c2nc(N3CCCC(C(F)(F)F)C3)ccc2N2CCC[C@H]21. The molecule has 1 aromatic carbocycles. The second kappa shape index (κ2) is 8.76. The minimum absolute atomic E-state index is 0.117. The molecule has 1 unspecified atom stereocenters. The predicted octanol–water partition coefficient (Wildman–Crippen LogP) is 6.10. The molecule has 0 saturated carbocycles. The zero-order valence-corrected chi connectivity index (χ0v) is 19.5.